The van der Waals surface area contributed by atoms with Gasteiger partial charge in [0, 0.05) is 6.42 Å². The average molecular weight is 323 g/mol. The van der Waals surface area contributed by atoms with Gasteiger partial charge in [0.2, 0.25) is 5.91 Å². The average Bonchev–Trinajstić information content (AvgIpc) is 3.17. The van der Waals surface area contributed by atoms with Crippen LogP contribution in [0.3, 0.4) is 0 Å². The summed E-state index contributed by atoms with van der Waals surface area (Å²) in [4.78, 5) is 12.7. The molecule has 1 saturated carbocycles. The number of halogens is 1. The van der Waals surface area contributed by atoms with Gasteiger partial charge in [-0.1, -0.05) is 6.07 Å². The Labute approximate surface area is 135 Å². The largest absolute Gasteiger partial charge is 0.496 e. The number of hydrogen-bond acceptors (Lipinski definition) is 4. The van der Waals surface area contributed by atoms with Crippen LogP contribution in [0.25, 0.3) is 0 Å². The Morgan fingerprint density at radius 2 is 2.17 bits per heavy atom. The number of rotatable bonds is 4. The molecule has 2 aliphatic rings. The summed E-state index contributed by atoms with van der Waals surface area (Å²) in [6.45, 7) is 2.78. The smallest absolute Gasteiger partial charge is 0.229 e. The van der Waals surface area contributed by atoms with Crippen LogP contribution >= 0.6 is 0 Å². The number of amides is 1. The maximum Gasteiger partial charge on any atom is 0.229 e. The number of ether oxygens (including phenoxy) is 3. The lowest BCUT2D eigenvalue weighted by atomic mass is 9.99. The Morgan fingerprint density at radius 3 is 2.87 bits per heavy atom. The van der Waals surface area contributed by atoms with Crippen molar-refractivity contribution in [2.24, 2.45) is 5.92 Å². The van der Waals surface area contributed by atoms with E-state index in [1.54, 1.807) is 19.1 Å². The molecule has 0 radical (unpaired) electrons. The van der Waals surface area contributed by atoms with Crippen LogP contribution in [0.1, 0.15) is 37.8 Å². The van der Waals surface area contributed by atoms with E-state index < -0.39 is 17.6 Å². The molecule has 6 heteroatoms. The highest BCUT2D eigenvalue weighted by molar-refractivity contribution is 5.80. The van der Waals surface area contributed by atoms with Gasteiger partial charge in [0.1, 0.15) is 11.6 Å². The zero-order chi connectivity index (χ0) is 16.4. The molecule has 1 saturated heterocycles. The standard InChI is InChI=1S/C17H22FNO4/c1-11(15-13(18)6-3-7-14(15)21-2)19-16(20)12-5-4-8-17(12)22-9-10-23-17/h3,6-7,11-12H,4-5,8-10H2,1-2H3,(H,19,20). The Kier molecular flexibility index (Phi) is 4.55. The monoisotopic (exact) mass is 323 g/mol. The van der Waals surface area contributed by atoms with E-state index in [4.69, 9.17) is 14.2 Å². The van der Waals surface area contributed by atoms with Gasteiger partial charge in [-0.25, -0.2) is 4.39 Å². The van der Waals surface area contributed by atoms with Crippen molar-refractivity contribution in [3.63, 3.8) is 0 Å². The summed E-state index contributed by atoms with van der Waals surface area (Å²) in [7, 11) is 1.49. The molecular weight excluding hydrogens is 301 g/mol. The Morgan fingerprint density at radius 1 is 1.43 bits per heavy atom. The lowest BCUT2D eigenvalue weighted by Crippen LogP contribution is -2.45. The highest BCUT2D eigenvalue weighted by atomic mass is 19.1. The van der Waals surface area contributed by atoms with E-state index >= 15 is 0 Å². The van der Waals surface area contributed by atoms with Gasteiger partial charge in [0.15, 0.2) is 5.79 Å². The zero-order valence-electron chi connectivity index (χ0n) is 13.4. The maximum absolute atomic E-state index is 14.1. The third-order valence-corrected chi connectivity index (χ3v) is 4.67. The van der Waals surface area contributed by atoms with Gasteiger partial charge in [0.25, 0.3) is 0 Å². The second kappa shape index (κ2) is 6.45. The molecule has 0 bridgehead atoms. The van der Waals surface area contributed by atoms with Crippen LogP contribution in [0.15, 0.2) is 18.2 Å². The van der Waals surface area contributed by atoms with Crippen LogP contribution in [0.2, 0.25) is 0 Å². The summed E-state index contributed by atoms with van der Waals surface area (Å²) in [5, 5.41) is 2.89. The van der Waals surface area contributed by atoms with E-state index in [1.165, 1.54) is 13.2 Å². The molecule has 2 atom stereocenters. The first kappa shape index (κ1) is 16.2. The maximum atomic E-state index is 14.1. The summed E-state index contributed by atoms with van der Waals surface area (Å²) in [6, 6.07) is 4.12. The highest BCUT2D eigenvalue weighted by Crippen LogP contribution is 2.42. The van der Waals surface area contributed by atoms with E-state index in [1.807, 2.05) is 0 Å². The van der Waals surface area contributed by atoms with Gasteiger partial charge in [-0.15, -0.1) is 0 Å². The normalized spacial score (nSPS) is 23.9. The molecule has 5 nitrogen and oxygen atoms in total. The Hall–Kier alpha value is -1.66. The van der Waals surface area contributed by atoms with Crippen molar-refractivity contribution in [3.8, 4) is 5.75 Å². The minimum absolute atomic E-state index is 0.165. The van der Waals surface area contributed by atoms with E-state index in [-0.39, 0.29) is 11.8 Å². The molecule has 1 aliphatic carbocycles. The molecule has 1 aliphatic heterocycles. The molecule has 1 aromatic rings. The van der Waals surface area contributed by atoms with Crippen LogP contribution in [-0.4, -0.2) is 32.0 Å². The quantitative estimate of drug-likeness (QED) is 0.925. The first-order valence-electron chi connectivity index (χ1n) is 7.98. The lowest BCUT2D eigenvalue weighted by molar-refractivity contribution is -0.186. The van der Waals surface area contributed by atoms with Gasteiger partial charge in [-0.2, -0.15) is 0 Å². The van der Waals surface area contributed by atoms with Crippen molar-refractivity contribution >= 4 is 5.91 Å². The van der Waals surface area contributed by atoms with Crippen LogP contribution in [0, 0.1) is 11.7 Å². The molecule has 1 amide bonds. The lowest BCUT2D eigenvalue weighted by Gasteiger charge is -2.29. The summed E-state index contributed by atoms with van der Waals surface area (Å²) in [6.07, 6.45) is 2.32. The highest BCUT2D eigenvalue weighted by Gasteiger charge is 2.51. The van der Waals surface area contributed by atoms with Crippen LogP contribution in [0.5, 0.6) is 5.75 Å². The molecule has 2 fully saturated rings. The van der Waals surface area contributed by atoms with Gasteiger partial charge in [-0.3, -0.25) is 4.79 Å². The molecule has 0 aromatic heterocycles. The number of nitrogens with one attached hydrogen (secondary N) is 1. The Balaban J connectivity index is 1.75. The van der Waals surface area contributed by atoms with Gasteiger partial charge in [-0.05, 0) is 31.9 Å². The number of hydrogen-bond donors (Lipinski definition) is 1. The van der Waals surface area contributed by atoms with E-state index in [0.29, 0.717) is 30.9 Å². The number of carbonyl (C=O) groups is 1. The number of methoxy groups -OCH3 is 1. The zero-order valence-corrected chi connectivity index (χ0v) is 13.4. The second-order valence-corrected chi connectivity index (χ2v) is 6.04. The van der Waals surface area contributed by atoms with Crippen molar-refractivity contribution in [3.05, 3.63) is 29.6 Å². The van der Waals surface area contributed by atoms with Crippen LogP contribution in [0.4, 0.5) is 4.39 Å². The predicted octanol–water partition coefficient (Wildman–Crippen LogP) is 2.55. The third-order valence-electron chi connectivity index (χ3n) is 4.67. The summed E-state index contributed by atoms with van der Waals surface area (Å²) < 4.78 is 30.8. The molecule has 1 spiro atoms. The summed E-state index contributed by atoms with van der Waals surface area (Å²) in [5.41, 5.74) is 0.351. The molecule has 2 unspecified atom stereocenters. The SMILES string of the molecule is COc1cccc(F)c1C(C)NC(=O)C1CCCC12OCCO2. The van der Waals surface area contributed by atoms with Crippen molar-refractivity contribution in [1.29, 1.82) is 0 Å². The van der Waals surface area contributed by atoms with Crippen molar-refractivity contribution in [2.75, 3.05) is 20.3 Å². The van der Waals surface area contributed by atoms with Gasteiger partial charge in [0.05, 0.1) is 37.8 Å². The number of benzene rings is 1. The van der Waals surface area contributed by atoms with E-state index in [9.17, 15) is 9.18 Å². The minimum Gasteiger partial charge on any atom is -0.496 e. The van der Waals surface area contributed by atoms with Gasteiger partial charge >= 0.3 is 0 Å². The minimum atomic E-state index is -0.789. The first-order chi connectivity index (χ1) is 11.1. The van der Waals surface area contributed by atoms with E-state index in [2.05, 4.69) is 5.32 Å². The molecule has 1 aromatic carbocycles. The van der Waals surface area contributed by atoms with Crippen molar-refractivity contribution in [2.45, 2.75) is 38.0 Å². The predicted molar refractivity (Wildman–Crippen MR) is 81.5 cm³/mol. The molecular formula is C17H22FNO4. The third kappa shape index (κ3) is 2.93. The molecule has 126 valence electrons. The van der Waals surface area contributed by atoms with Gasteiger partial charge < -0.3 is 19.5 Å². The molecule has 23 heavy (non-hydrogen) atoms. The second-order valence-electron chi connectivity index (χ2n) is 6.04. The van der Waals surface area contributed by atoms with Crippen LogP contribution < -0.4 is 10.1 Å². The molecule has 1 N–H and O–H groups in total. The summed E-state index contributed by atoms with van der Waals surface area (Å²) >= 11 is 0. The fourth-order valence-corrected chi connectivity index (χ4v) is 3.60. The first-order valence-corrected chi connectivity index (χ1v) is 7.98. The van der Waals surface area contributed by atoms with Crippen molar-refractivity contribution in [1.82, 2.24) is 5.32 Å². The topological polar surface area (TPSA) is 56.8 Å². The Bertz CT molecular complexity index is 580. The van der Waals surface area contributed by atoms with Crippen LogP contribution in [-0.2, 0) is 14.3 Å². The fourth-order valence-electron chi connectivity index (χ4n) is 3.60. The number of carbonyl (C=O) groups excluding carboxylic acids is 1. The summed E-state index contributed by atoms with van der Waals surface area (Å²) in [5.74, 6) is -1.28. The van der Waals surface area contributed by atoms with Crippen molar-refractivity contribution < 1.29 is 23.4 Å². The fraction of sp³-hybridized carbons (Fsp3) is 0.588. The molecule has 1 heterocycles. The molecule has 3 rings (SSSR count). The van der Waals surface area contributed by atoms with E-state index in [0.717, 1.165) is 12.8 Å².